The van der Waals surface area contributed by atoms with E-state index in [0.29, 0.717) is 0 Å². The molecule has 2 N–H and O–H groups in total. The molecule has 1 aromatic heterocycles. The van der Waals surface area contributed by atoms with Crippen LogP contribution in [0.4, 0.5) is 0 Å². The van der Waals surface area contributed by atoms with Gasteiger partial charge in [-0.15, -0.1) is 0 Å². The first-order valence-electron chi connectivity index (χ1n) is 7.44. The fourth-order valence-electron chi connectivity index (χ4n) is 3.01. The molecule has 2 aromatic carbocycles. The standard InChI is InChI=1S/C18H16ClN3/c19-15-7-3-1-6-13(15)18-14(11-17-20-9-10-21-17)12-5-2-4-8-16(12)22-18/h1-8,22H,9-11H2,(H,20,21). The zero-order chi connectivity index (χ0) is 14.9. The van der Waals surface area contributed by atoms with Crippen molar-refractivity contribution in [2.24, 2.45) is 4.99 Å². The molecule has 110 valence electrons. The van der Waals surface area contributed by atoms with Crippen LogP contribution in [-0.4, -0.2) is 23.9 Å². The molecule has 0 radical (unpaired) electrons. The smallest absolute Gasteiger partial charge is 0.101 e. The van der Waals surface area contributed by atoms with Gasteiger partial charge in [0.15, 0.2) is 0 Å². The second-order valence-corrected chi connectivity index (χ2v) is 5.84. The van der Waals surface area contributed by atoms with E-state index in [0.717, 1.165) is 47.1 Å². The minimum atomic E-state index is 0.761. The Morgan fingerprint density at radius 1 is 1.05 bits per heavy atom. The van der Waals surface area contributed by atoms with Crippen molar-refractivity contribution in [2.45, 2.75) is 6.42 Å². The minimum absolute atomic E-state index is 0.761. The highest BCUT2D eigenvalue weighted by Crippen LogP contribution is 2.34. The van der Waals surface area contributed by atoms with E-state index in [2.05, 4.69) is 39.6 Å². The van der Waals surface area contributed by atoms with E-state index in [1.807, 2.05) is 24.3 Å². The third-order valence-electron chi connectivity index (χ3n) is 4.04. The van der Waals surface area contributed by atoms with Gasteiger partial charge in [0, 0.05) is 34.5 Å². The average Bonchev–Trinajstić information content (AvgIpc) is 3.17. The summed E-state index contributed by atoms with van der Waals surface area (Å²) in [4.78, 5) is 8.06. The van der Waals surface area contributed by atoms with Crippen LogP contribution in [0.25, 0.3) is 22.2 Å². The fourth-order valence-corrected chi connectivity index (χ4v) is 3.24. The quantitative estimate of drug-likeness (QED) is 0.753. The van der Waals surface area contributed by atoms with Crippen molar-refractivity contribution < 1.29 is 0 Å². The maximum atomic E-state index is 6.41. The van der Waals surface area contributed by atoms with Crippen LogP contribution in [0.2, 0.25) is 5.02 Å². The van der Waals surface area contributed by atoms with Crippen molar-refractivity contribution in [1.82, 2.24) is 10.3 Å². The van der Waals surface area contributed by atoms with Crippen LogP contribution >= 0.6 is 11.6 Å². The van der Waals surface area contributed by atoms with Crippen molar-refractivity contribution in [2.75, 3.05) is 13.1 Å². The number of rotatable bonds is 3. The lowest BCUT2D eigenvalue weighted by Crippen LogP contribution is -2.20. The van der Waals surface area contributed by atoms with Gasteiger partial charge in [0.05, 0.1) is 12.2 Å². The Balaban J connectivity index is 1.91. The van der Waals surface area contributed by atoms with Crippen LogP contribution in [0.1, 0.15) is 5.56 Å². The maximum Gasteiger partial charge on any atom is 0.101 e. The van der Waals surface area contributed by atoms with Crippen molar-refractivity contribution in [3.63, 3.8) is 0 Å². The molecule has 0 unspecified atom stereocenters. The van der Waals surface area contributed by atoms with Crippen LogP contribution in [0.15, 0.2) is 53.5 Å². The van der Waals surface area contributed by atoms with E-state index in [9.17, 15) is 0 Å². The number of amidine groups is 1. The van der Waals surface area contributed by atoms with E-state index >= 15 is 0 Å². The summed E-state index contributed by atoms with van der Waals surface area (Å²) >= 11 is 6.41. The molecule has 1 aliphatic heterocycles. The lowest BCUT2D eigenvalue weighted by molar-refractivity contribution is 0.954. The molecule has 0 atom stereocenters. The molecular formula is C18H16ClN3. The lowest BCUT2D eigenvalue weighted by Gasteiger charge is -2.07. The predicted molar refractivity (Wildman–Crippen MR) is 92.8 cm³/mol. The third-order valence-corrected chi connectivity index (χ3v) is 4.37. The van der Waals surface area contributed by atoms with Gasteiger partial charge in [0.2, 0.25) is 0 Å². The summed E-state index contributed by atoms with van der Waals surface area (Å²) in [7, 11) is 0. The summed E-state index contributed by atoms with van der Waals surface area (Å²) in [5.74, 6) is 1.05. The topological polar surface area (TPSA) is 40.2 Å². The summed E-state index contributed by atoms with van der Waals surface area (Å²) < 4.78 is 0. The van der Waals surface area contributed by atoms with Gasteiger partial charge in [-0.05, 0) is 17.7 Å². The molecule has 3 aromatic rings. The molecule has 0 amide bonds. The highest BCUT2D eigenvalue weighted by atomic mass is 35.5. The SMILES string of the molecule is Clc1ccccc1-c1[nH]c2ccccc2c1CC1=NCCN1. The number of nitrogens with zero attached hydrogens (tertiary/aromatic N) is 1. The first kappa shape index (κ1) is 13.4. The first-order valence-corrected chi connectivity index (χ1v) is 7.82. The molecule has 0 fully saturated rings. The summed E-state index contributed by atoms with van der Waals surface area (Å²) in [6.07, 6.45) is 0.796. The number of benzene rings is 2. The Kier molecular flexibility index (Phi) is 3.35. The largest absolute Gasteiger partial charge is 0.372 e. The van der Waals surface area contributed by atoms with E-state index in [-0.39, 0.29) is 0 Å². The van der Waals surface area contributed by atoms with Crippen LogP contribution in [0.5, 0.6) is 0 Å². The van der Waals surface area contributed by atoms with Gasteiger partial charge in [0.25, 0.3) is 0 Å². The number of hydrogen-bond acceptors (Lipinski definition) is 2. The predicted octanol–water partition coefficient (Wildman–Crippen LogP) is 4.03. The van der Waals surface area contributed by atoms with Gasteiger partial charge >= 0.3 is 0 Å². The molecule has 0 spiro atoms. The molecule has 3 nitrogen and oxygen atoms in total. The molecule has 4 heteroatoms. The summed E-state index contributed by atoms with van der Waals surface area (Å²) in [5, 5.41) is 5.35. The zero-order valence-corrected chi connectivity index (χ0v) is 12.8. The van der Waals surface area contributed by atoms with Crippen molar-refractivity contribution in [1.29, 1.82) is 0 Å². The third kappa shape index (κ3) is 2.28. The van der Waals surface area contributed by atoms with E-state index in [4.69, 9.17) is 11.6 Å². The Labute approximate surface area is 134 Å². The molecule has 2 heterocycles. The number of para-hydroxylation sites is 1. The number of nitrogens with one attached hydrogen (secondary N) is 2. The van der Waals surface area contributed by atoms with Crippen LogP contribution in [-0.2, 0) is 6.42 Å². The highest BCUT2D eigenvalue weighted by Gasteiger charge is 2.17. The van der Waals surface area contributed by atoms with Gasteiger partial charge in [-0.1, -0.05) is 48.0 Å². The van der Waals surface area contributed by atoms with Crippen molar-refractivity contribution in [3.8, 4) is 11.3 Å². The Morgan fingerprint density at radius 2 is 1.86 bits per heavy atom. The molecule has 4 rings (SSSR count). The summed E-state index contributed by atoms with van der Waals surface area (Å²) in [6.45, 7) is 1.79. The Morgan fingerprint density at radius 3 is 2.68 bits per heavy atom. The Hall–Kier alpha value is -2.26. The average molecular weight is 310 g/mol. The molecule has 0 aliphatic carbocycles. The van der Waals surface area contributed by atoms with Gasteiger partial charge in [-0.3, -0.25) is 4.99 Å². The van der Waals surface area contributed by atoms with Gasteiger partial charge in [-0.2, -0.15) is 0 Å². The molecule has 0 saturated heterocycles. The molecular weight excluding hydrogens is 294 g/mol. The maximum absolute atomic E-state index is 6.41. The van der Waals surface area contributed by atoms with Gasteiger partial charge in [-0.25, -0.2) is 0 Å². The van der Waals surface area contributed by atoms with E-state index in [1.54, 1.807) is 0 Å². The van der Waals surface area contributed by atoms with Gasteiger partial charge < -0.3 is 10.3 Å². The number of fused-ring (bicyclic) bond motifs is 1. The molecule has 1 aliphatic rings. The Bertz CT molecular complexity index is 864. The number of aromatic amines is 1. The first-order chi connectivity index (χ1) is 10.8. The number of hydrogen-bond donors (Lipinski definition) is 2. The van der Waals surface area contributed by atoms with E-state index < -0.39 is 0 Å². The van der Waals surface area contributed by atoms with E-state index in [1.165, 1.54) is 10.9 Å². The fraction of sp³-hybridized carbons (Fsp3) is 0.167. The minimum Gasteiger partial charge on any atom is -0.372 e. The second-order valence-electron chi connectivity index (χ2n) is 5.44. The molecule has 22 heavy (non-hydrogen) atoms. The molecule has 0 bridgehead atoms. The summed E-state index contributed by atoms with van der Waals surface area (Å²) in [5.41, 5.74) is 4.50. The molecule has 0 saturated carbocycles. The van der Waals surface area contributed by atoms with Crippen LogP contribution in [0, 0.1) is 0 Å². The van der Waals surface area contributed by atoms with Gasteiger partial charge in [0.1, 0.15) is 5.84 Å². The van der Waals surface area contributed by atoms with Crippen molar-refractivity contribution in [3.05, 3.63) is 59.1 Å². The normalized spacial score (nSPS) is 14.1. The monoisotopic (exact) mass is 309 g/mol. The summed E-state index contributed by atoms with van der Waals surface area (Å²) in [6, 6.07) is 16.3. The number of H-pyrrole nitrogens is 1. The number of halogens is 1. The number of aromatic nitrogens is 1. The van der Waals surface area contributed by atoms with Crippen LogP contribution < -0.4 is 5.32 Å². The highest BCUT2D eigenvalue weighted by molar-refractivity contribution is 6.33. The number of aliphatic imine (C=N–C) groups is 1. The zero-order valence-electron chi connectivity index (χ0n) is 12.1. The van der Waals surface area contributed by atoms with Crippen molar-refractivity contribution >= 4 is 28.3 Å². The lowest BCUT2D eigenvalue weighted by atomic mass is 10.0. The van der Waals surface area contributed by atoms with Crippen LogP contribution in [0.3, 0.4) is 0 Å². The second kappa shape index (κ2) is 5.50.